The first kappa shape index (κ1) is 15.9. The Balaban J connectivity index is 3.26. The van der Waals surface area contributed by atoms with Crippen LogP contribution < -0.4 is 5.32 Å². The molecule has 1 N–H and O–H groups in total. The summed E-state index contributed by atoms with van der Waals surface area (Å²) < 4.78 is 5.08. The third-order valence-corrected chi connectivity index (χ3v) is 3.22. The van der Waals surface area contributed by atoms with Crippen LogP contribution >= 0.6 is 0 Å². The SMILES string of the molecule is CCCCCCCCC(CCCOC)NC. The monoisotopic (exact) mass is 229 g/mol. The van der Waals surface area contributed by atoms with Crippen molar-refractivity contribution in [3.05, 3.63) is 0 Å². The lowest BCUT2D eigenvalue weighted by atomic mass is 10.0. The van der Waals surface area contributed by atoms with Crippen molar-refractivity contribution < 1.29 is 4.74 Å². The van der Waals surface area contributed by atoms with Gasteiger partial charge in [-0.2, -0.15) is 0 Å². The number of unbranched alkanes of at least 4 members (excludes halogenated alkanes) is 5. The van der Waals surface area contributed by atoms with Gasteiger partial charge in [0.2, 0.25) is 0 Å². The fourth-order valence-electron chi connectivity index (χ4n) is 2.08. The van der Waals surface area contributed by atoms with Crippen LogP contribution in [0, 0.1) is 0 Å². The van der Waals surface area contributed by atoms with Gasteiger partial charge in [0.15, 0.2) is 0 Å². The van der Waals surface area contributed by atoms with Crippen molar-refractivity contribution in [2.45, 2.75) is 70.8 Å². The van der Waals surface area contributed by atoms with Gasteiger partial charge in [0, 0.05) is 19.8 Å². The topological polar surface area (TPSA) is 21.3 Å². The Bertz CT molecular complexity index is 128. The third-order valence-electron chi connectivity index (χ3n) is 3.22. The van der Waals surface area contributed by atoms with E-state index in [0.29, 0.717) is 6.04 Å². The molecule has 0 aromatic heterocycles. The lowest BCUT2D eigenvalue weighted by molar-refractivity contribution is 0.188. The Morgan fingerprint density at radius 1 is 0.938 bits per heavy atom. The highest BCUT2D eigenvalue weighted by Gasteiger charge is 2.04. The van der Waals surface area contributed by atoms with E-state index >= 15 is 0 Å². The zero-order chi connectivity index (χ0) is 12.1. The largest absolute Gasteiger partial charge is 0.385 e. The molecule has 0 aromatic carbocycles. The highest BCUT2D eigenvalue weighted by atomic mass is 16.5. The second kappa shape index (κ2) is 13.0. The molecular formula is C14H31NO. The van der Waals surface area contributed by atoms with Crippen LogP contribution in [0.4, 0.5) is 0 Å². The molecule has 0 aliphatic carbocycles. The maximum absolute atomic E-state index is 5.08. The van der Waals surface area contributed by atoms with Crippen LogP contribution in [0.2, 0.25) is 0 Å². The summed E-state index contributed by atoms with van der Waals surface area (Å²) in [6, 6.07) is 0.696. The molecule has 2 heteroatoms. The molecule has 16 heavy (non-hydrogen) atoms. The summed E-state index contributed by atoms with van der Waals surface area (Å²) in [5, 5.41) is 3.41. The van der Waals surface area contributed by atoms with Crippen LogP contribution in [0.5, 0.6) is 0 Å². The highest BCUT2D eigenvalue weighted by molar-refractivity contribution is 4.64. The summed E-state index contributed by atoms with van der Waals surface area (Å²) in [4.78, 5) is 0. The number of rotatable bonds is 12. The van der Waals surface area contributed by atoms with E-state index in [1.54, 1.807) is 7.11 Å². The van der Waals surface area contributed by atoms with Crippen molar-refractivity contribution in [1.82, 2.24) is 5.32 Å². The van der Waals surface area contributed by atoms with Crippen LogP contribution in [-0.2, 0) is 4.74 Å². The third kappa shape index (κ3) is 10.4. The molecule has 0 rings (SSSR count). The molecule has 0 aliphatic heterocycles. The Labute approximate surface area is 102 Å². The number of nitrogens with one attached hydrogen (secondary N) is 1. The van der Waals surface area contributed by atoms with Crippen LogP contribution in [0.15, 0.2) is 0 Å². The summed E-state index contributed by atoms with van der Waals surface area (Å²) >= 11 is 0. The molecule has 0 heterocycles. The van der Waals surface area contributed by atoms with Gasteiger partial charge in [-0.1, -0.05) is 45.4 Å². The van der Waals surface area contributed by atoms with Crippen molar-refractivity contribution in [3.8, 4) is 0 Å². The van der Waals surface area contributed by atoms with Gasteiger partial charge in [0.1, 0.15) is 0 Å². The predicted molar refractivity (Wildman–Crippen MR) is 72.0 cm³/mol. The second-order valence-corrected chi connectivity index (χ2v) is 4.68. The molecule has 0 amide bonds. The minimum Gasteiger partial charge on any atom is -0.385 e. The molecule has 0 aliphatic rings. The lowest BCUT2D eigenvalue weighted by Gasteiger charge is -2.15. The van der Waals surface area contributed by atoms with Crippen molar-refractivity contribution in [2.75, 3.05) is 20.8 Å². The zero-order valence-corrected chi connectivity index (χ0v) is 11.6. The standard InChI is InChI=1S/C14H31NO/c1-4-5-6-7-8-9-11-14(15-2)12-10-13-16-3/h14-15H,4-13H2,1-3H3. The van der Waals surface area contributed by atoms with E-state index < -0.39 is 0 Å². The van der Waals surface area contributed by atoms with E-state index in [0.717, 1.165) is 6.61 Å². The Morgan fingerprint density at radius 2 is 1.56 bits per heavy atom. The molecule has 1 unspecified atom stereocenters. The van der Waals surface area contributed by atoms with E-state index in [1.165, 1.54) is 57.8 Å². The van der Waals surface area contributed by atoms with E-state index in [-0.39, 0.29) is 0 Å². The van der Waals surface area contributed by atoms with Gasteiger partial charge in [-0.15, -0.1) is 0 Å². The lowest BCUT2D eigenvalue weighted by Crippen LogP contribution is -2.25. The van der Waals surface area contributed by atoms with E-state index in [9.17, 15) is 0 Å². The molecular weight excluding hydrogens is 198 g/mol. The highest BCUT2D eigenvalue weighted by Crippen LogP contribution is 2.11. The van der Waals surface area contributed by atoms with Crippen molar-refractivity contribution in [1.29, 1.82) is 0 Å². The van der Waals surface area contributed by atoms with E-state index in [4.69, 9.17) is 4.74 Å². The van der Waals surface area contributed by atoms with Gasteiger partial charge in [0.25, 0.3) is 0 Å². The van der Waals surface area contributed by atoms with Crippen molar-refractivity contribution in [2.24, 2.45) is 0 Å². The molecule has 0 bridgehead atoms. The summed E-state index contributed by atoms with van der Waals surface area (Å²) in [7, 11) is 3.86. The smallest absolute Gasteiger partial charge is 0.0462 e. The van der Waals surface area contributed by atoms with Gasteiger partial charge in [0.05, 0.1) is 0 Å². The molecule has 2 nitrogen and oxygen atoms in total. The number of hydrogen-bond acceptors (Lipinski definition) is 2. The van der Waals surface area contributed by atoms with Crippen LogP contribution in [0.1, 0.15) is 64.7 Å². The Hall–Kier alpha value is -0.0800. The zero-order valence-electron chi connectivity index (χ0n) is 11.6. The molecule has 0 saturated heterocycles. The average molecular weight is 229 g/mol. The van der Waals surface area contributed by atoms with Gasteiger partial charge in [-0.25, -0.2) is 0 Å². The molecule has 0 aromatic rings. The fraction of sp³-hybridized carbons (Fsp3) is 1.00. The van der Waals surface area contributed by atoms with Crippen LogP contribution in [0.3, 0.4) is 0 Å². The average Bonchev–Trinajstić information content (AvgIpc) is 2.31. The van der Waals surface area contributed by atoms with Gasteiger partial charge >= 0.3 is 0 Å². The number of methoxy groups -OCH3 is 1. The first-order valence-corrected chi connectivity index (χ1v) is 7.01. The summed E-state index contributed by atoms with van der Waals surface area (Å²) in [5.41, 5.74) is 0. The van der Waals surface area contributed by atoms with E-state index in [1.807, 2.05) is 0 Å². The van der Waals surface area contributed by atoms with Crippen molar-refractivity contribution >= 4 is 0 Å². The quantitative estimate of drug-likeness (QED) is 0.515. The van der Waals surface area contributed by atoms with Gasteiger partial charge < -0.3 is 10.1 Å². The van der Waals surface area contributed by atoms with E-state index in [2.05, 4.69) is 19.3 Å². The second-order valence-electron chi connectivity index (χ2n) is 4.68. The van der Waals surface area contributed by atoms with Crippen LogP contribution in [0.25, 0.3) is 0 Å². The number of ether oxygens (including phenoxy) is 1. The Kier molecular flexibility index (Phi) is 12.9. The molecule has 0 spiro atoms. The fourth-order valence-corrected chi connectivity index (χ4v) is 2.08. The van der Waals surface area contributed by atoms with Crippen LogP contribution in [-0.4, -0.2) is 26.8 Å². The normalized spacial score (nSPS) is 12.9. The summed E-state index contributed by atoms with van der Waals surface area (Å²) in [6.45, 7) is 3.17. The maximum atomic E-state index is 5.08. The molecule has 0 fully saturated rings. The molecule has 1 atom stereocenters. The van der Waals surface area contributed by atoms with Crippen molar-refractivity contribution in [3.63, 3.8) is 0 Å². The van der Waals surface area contributed by atoms with Gasteiger partial charge in [-0.05, 0) is 26.3 Å². The maximum Gasteiger partial charge on any atom is 0.0462 e. The molecule has 0 radical (unpaired) electrons. The molecule has 98 valence electrons. The summed E-state index contributed by atoms with van der Waals surface area (Å²) in [6.07, 6.45) is 12.1. The van der Waals surface area contributed by atoms with Gasteiger partial charge in [-0.3, -0.25) is 0 Å². The Morgan fingerprint density at radius 3 is 2.19 bits per heavy atom. The summed E-state index contributed by atoms with van der Waals surface area (Å²) in [5.74, 6) is 0. The predicted octanol–water partition coefficient (Wildman–Crippen LogP) is 3.75. The minimum atomic E-state index is 0.696. The molecule has 0 saturated carbocycles. The number of hydrogen-bond donors (Lipinski definition) is 1. The minimum absolute atomic E-state index is 0.696. The first-order chi connectivity index (χ1) is 7.85. The first-order valence-electron chi connectivity index (χ1n) is 7.01.